The van der Waals surface area contributed by atoms with E-state index in [1.54, 1.807) is 28.3 Å². The van der Waals surface area contributed by atoms with Crippen LogP contribution in [0, 0.1) is 6.92 Å². The Labute approximate surface area is 189 Å². The molecule has 0 atom stereocenters. The van der Waals surface area contributed by atoms with Crippen molar-refractivity contribution in [1.29, 1.82) is 0 Å². The lowest BCUT2D eigenvalue weighted by Gasteiger charge is -2.25. The third-order valence-corrected chi connectivity index (χ3v) is 5.14. The standard InChI is InChI=1S/C24H30ClNO5/c1-17-10-19(12-21(25)11-17)14-26(15-24(30-5)18(2)31-16-27)9-8-20-13-22(28-3)6-7-23(20)29-4/h6-7,10-13,16H,8-9,14-15H2,1-5H3/b24-18-. The van der Waals surface area contributed by atoms with Crippen LogP contribution in [0.15, 0.2) is 47.9 Å². The van der Waals surface area contributed by atoms with Gasteiger partial charge in [0.25, 0.3) is 6.47 Å². The summed E-state index contributed by atoms with van der Waals surface area (Å²) in [5, 5.41) is 0.701. The molecule has 0 unspecified atom stereocenters. The second kappa shape index (κ2) is 12.2. The number of hydrogen-bond donors (Lipinski definition) is 0. The van der Waals surface area contributed by atoms with Crippen LogP contribution < -0.4 is 9.47 Å². The van der Waals surface area contributed by atoms with Crippen molar-refractivity contribution in [2.24, 2.45) is 0 Å². The lowest BCUT2D eigenvalue weighted by atomic mass is 10.1. The van der Waals surface area contributed by atoms with Gasteiger partial charge in [-0.1, -0.05) is 17.7 Å². The summed E-state index contributed by atoms with van der Waals surface area (Å²) in [5.74, 6) is 2.61. The number of carbonyl (C=O) groups is 1. The molecule has 0 aliphatic carbocycles. The molecule has 0 bridgehead atoms. The molecule has 2 aromatic carbocycles. The molecular weight excluding hydrogens is 418 g/mol. The average molecular weight is 448 g/mol. The minimum atomic E-state index is 0.403. The maximum absolute atomic E-state index is 10.8. The molecule has 7 heteroatoms. The Morgan fingerprint density at radius 3 is 2.48 bits per heavy atom. The first kappa shape index (κ1) is 24.6. The van der Waals surface area contributed by atoms with Crippen molar-refractivity contribution in [1.82, 2.24) is 4.90 Å². The zero-order valence-corrected chi connectivity index (χ0v) is 19.5. The number of nitrogens with zero attached hydrogens (tertiary/aromatic N) is 1. The number of allylic oxidation sites excluding steroid dienone is 1. The first-order valence-electron chi connectivity index (χ1n) is 9.93. The molecule has 2 rings (SSSR count). The Balaban J connectivity index is 2.28. The Kier molecular flexibility index (Phi) is 9.69. The predicted octanol–water partition coefficient (Wildman–Crippen LogP) is 4.76. The fraction of sp³-hybridized carbons (Fsp3) is 0.375. The summed E-state index contributed by atoms with van der Waals surface area (Å²) in [6.07, 6.45) is 0.727. The van der Waals surface area contributed by atoms with Crippen LogP contribution in [-0.2, 0) is 27.2 Å². The van der Waals surface area contributed by atoms with Gasteiger partial charge in [-0.15, -0.1) is 0 Å². The minimum Gasteiger partial charge on any atom is -0.497 e. The van der Waals surface area contributed by atoms with Gasteiger partial charge in [-0.25, -0.2) is 0 Å². The molecule has 2 aromatic rings. The average Bonchev–Trinajstić information content (AvgIpc) is 2.74. The molecule has 0 aliphatic rings. The van der Waals surface area contributed by atoms with Crippen molar-refractivity contribution in [2.45, 2.75) is 26.8 Å². The van der Waals surface area contributed by atoms with E-state index in [1.165, 1.54) is 0 Å². The Morgan fingerprint density at radius 1 is 1.10 bits per heavy atom. The number of benzene rings is 2. The van der Waals surface area contributed by atoms with E-state index in [2.05, 4.69) is 11.0 Å². The highest BCUT2D eigenvalue weighted by Crippen LogP contribution is 2.25. The quantitative estimate of drug-likeness (QED) is 0.345. The van der Waals surface area contributed by atoms with E-state index in [-0.39, 0.29) is 0 Å². The summed E-state index contributed by atoms with van der Waals surface area (Å²) < 4.78 is 21.4. The van der Waals surface area contributed by atoms with Crippen molar-refractivity contribution in [3.63, 3.8) is 0 Å². The van der Waals surface area contributed by atoms with Gasteiger partial charge in [-0.2, -0.15) is 0 Å². The van der Waals surface area contributed by atoms with Crippen LogP contribution in [0.2, 0.25) is 5.02 Å². The van der Waals surface area contributed by atoms with Gasteiger partial charge in [0, 0.05) is 18.1 Å². The predicted molar refractivity (Wildman–Crippen MR) is 122 cm³/mol. The second-order valence-electron chi connectivity index (χ2n) is 7.17. The first-order valence-corrected chi connectivity index (χ1v) is 10.3. The largest absolute Gasteiger partial charge is 0.497 e. The van der Waals surface area contributed by atoms with E-state index < -0.39 is 0 Å². The topological polar surface area (TPSA) is 57.2 Å². The van der Waals surface area contributed by atoms with Gasteiger partial charge < -0.3 is 18.9 Å². The van der Waals surface area contributed by atoms with E-state index in [0.29, 0.717) is 42.6 Å². The zero-order valence-electron chi connectivity index (χ0n) is 18.7. The number of hydrogen-bond acceptors (Lipinski definition) is 6. The van der Waals surface area contributed by atoms with Crippen LogP contribution in [0.1, 0.15) is 23.6 Å². The highest BCUT2D eigenvalue weighted by atomic mass is 35.5. The van der Waals surface area contributed by atoms with Gasteiger partial charge in [-0.05, 0) is 67.3 Å². The lowest BCUT2D eigenvalue weighted by Crippen LogP contribution is -2.29. The summed E-state index contributed by atoms with van der Waals surface area (Å²) in [6, 6.07) is 11.8. The fourth-order valence-electron chi connectivity index (χ4n) is 3.39. The maximum Gasteiger partial charge on any atom is 0.298 e. The Bertz CT molecular complexity index is 893. The molecule has 31 heavy (non-hydrogen) atoms. The third kappa shape index (κ3) is 7.49. The Hall–Kier alpha value is -2.70. The molecule has 0 aliphatic heterocycles. The molecule has 0 saturated carbocycles. The van der Waals surface area contributed by atoms with Gasteiger partial charge in [0.1, 0.15) is 23.0 Å². The van der Waals surface area contributed by atoms with E-state index in [1.807, 2.05) is 37.3 Å². The molecule has 0 spiro atoms. The number of carbonyl (C=O) groups excluding carboxylic acids is 1. The van der Waals surface area contributed by atoms with Crippen LogP contribution in [0.3, 0.4) is 0 Å². The zero-order chi connectivity index (χ0) is 22.8. The van der Waals surface area contributed by atoms with Crippen molar-refractivity contribution in [3.05, 3.63) is 69.6 Å². The highest BCUT2D eigenvalue weighted by molar-refractivity contribution is 6.30. The number of methoxy groups -OCH3 is 3. The van der Waals surface area contributed by atoms with Crippen LogP contribution in [-0.4, -0.2) is 45.8 Å². The van der Waals surface area contributed by atoms with E-state index in [4.69, 9.17) is 30.5 Å². The van der Waals surface area contributed by atoms with Gasteiger partial charge in [0.2, 0.25) is 0 Å². The molecule has 0 heterocycles. The normalized spacial score (nSPS) is 11.7. The molecule has 6 nitrogen and oxygen atoms in total. The maximum atomic E-state index is 10.8. The number of halogens is 1. The summed E-state index contributed by atoms with van der Waals surface area (Å²) >= 11 is 6.26. The molecule has 0 fully saturated rings. The molecule has 168 valence electrons. The molecule has 0 saturated heterocycles. The third-order valence-electron chi connectivity index (χ3n) is 4.92. The van der Waals surface area contributed by atoms with Crippen molar-refractivity contribution in [2.75, 3.05) is 34.4 Å². The van der Waals surface area contributed by atoms with Crippen LogP contribution >= 0.6 is 11.6 Å². The van der Waals surface area contributed by atoms with Crippen molar-refractivity contribution >= 4 is 18.1 Å². The van der Waals surface area contributed by atoms with Gasteiger partial charge in [0.05, 0.1) is 27.9 Å². The minimum absolute atomic E-state index is 0.403. The first-order chi connectivity index (χ1) is 14.9. The van der Waals surface area contributed by atoms with Crippen molar-refractivity contribution < 1.29 is 23.7 Å². The molecule has 0 radical (unpaired) electrons. The van der Waals surface area contributed by atoms with Crippen molar-refractivity contribution in [3.8, 4) is 11.5 Å². The fourth-order valence-corrected chi connectivity index (χ4v) is 3.70. The summed E-state index contributed by atoms with van der Waals surface area (Å²) in [7, 11) is 4.87. The number of aryl methyl sites for hydroxylation is 1. The van der Waals surface area contributed by atoms with Gasteiger partial charge in [-0.3, -0.25) is 9.69 Å². The van der Waals surface area contributed by atoms with E-state index >= 15 is 0 Å². The summed E-state index contributed by atoms with van der Waals surface area (Å²) in [5.41, 5.74) is 3.23. The monoisotopic (exact) mass is 447 g/mol. The molecule has 0 aromatic heterocycles. The SMILES string of the molecule is CO/C(CN(CCc1cc(OC)ccc1OC)Cc1cc(C)cc(Cl)c1)=C(/C)OC=O. The smallest absolute Gasteiger partial charge is 0.298 e. The van der Waals surface area contributed by atoms with Crippen LogP contribution in [0.5, 0.6) is 11.5 Å². The molecule has 0 amide bonds. The van der Waals surface area contributed by atoms with Gasteiger partial charge in [0.15, 0.2) is 0 Å². The number of ether oxygens (including phenoxy) is 4. The van der Waals surface area contributed by atoms with Crippen LogP contribution in [0.4, 0.5) is 0 Å². The molecule has 0 N–H and O–H groups in total. The van der Waals surface area contributed by atoms with Crippen LogP contribution in [0.25, 0.3) is 0 Å². The van der Waals surface area contributed by atoms with E-state index in [0.717, 1.165) is 34.6 Å². The second-order valence-corrected chi connectivity index (χ2v) is 7.61. The highest BCUT2D eigenvalue weighted by Gasteiger charge is 2.15. The van der Waals surface area contributed by atoms with E-state index in [9.17, 15) is 4.79 Å². The number of rotatable bonds is 12. The Morgan fingerprint density at radius 2 is 1.87 bits per heavy atom. The summed E-state index contributed by atoms with van der Waals surface area (Å²) in [4.78, 5) is 13.0. The molecular formula is C24H30ClNO5. The lowest BCUT2D eigenvalue weighted by molar-refractivity contribution is -0.125. The van der Waals surface area contributed by atoms with Gasteiger partial charge >= 0.3 is 0 Å². The summed E-state index contributed by atoms with van der Waals surface area (Å²) in [6.45, 7) is 5.95.